The lowest BCUT2D eigenvalue weighted by Gasteiger charge is -2.54. The van der Waals surface area contributed by atoms with Gasteiger partial charge in [0.05, 0.1) is 10.9 Å². The molecule has 0 unspecified atom stereocenters. The number of H-pyrrole nitrogens is 1. The lowest BCUT2D eigenvalue weighted by atomic mass is 9.54. The molecule has 0 saturated heterocycles. The molecule has 1 aromatic carbocycles. The lowest BCUT2D eigenvalue weighted by Crippen LogP contribution is -2.55. The van der Waals surface area contributed by atoms with E-state index in [1.54, 1.807) is 29.9 Å². The van der Waals surface area contributed by atoms with Crippen LogP contribution in [0.25, 0.3) is 10.9 Å². The third-order valence-electron chi connectivity index (χ3n) is 7.50. The molecule has 0 aliphatic heterocycles. The number of nitrogens with zero attached hydrogens (tertiary/aromatic N) is 1. The van der Waals surface area contributed by atoms with E-state index < -0.39 is 0 Å². The fourth-order valence-corrected chi connectivity index (χ4v) is 6.65. The summed E-state index contributed by atoms with van der Waals surface area (Å²) in [5.41, 5.74) is 1.07. The summed E-state index contributed by atoms with van der Waals surface area (Å²) in [5, 5.41) is 3.89. The Hall–Kier alpha value is -1.99. The Morgan fingerprint density at radius 2 is 1.90 bits per heavy atom. The summed E-state index contributed by atoms with van der Waals surface area (Å²) in [7, 11) is 1.64. The number of methoxy groups -OCH3 is 1. The second-order valence-corrected chi connectivity index (χ2v) is 9.81. The Bertz CT molecular complexity index is 1060. The van der Waals surface area contributed by atoms with Crippen LogP contribution in [0.4, 0.5) is 0 Å². The molecule has 4 fully saturated rings. The molecular formula is C23H29N3O3S. The van der Waals surface area contributed by atoms with Gasteiger partial charge in [-0.05, 0) is 92.6 Å². The maximum Gasteiger partial charge on any atom is 0.262 e. The highest BCUT2D eigenvalue weighted by molar-refractivity contribution is 7.71. The molecule has 2 N–H and O–H groups in total. The van der Waals surface area contributed by atoms with E-state index in [0.29, 0.717) is 58.7 Å². The van der Waals surface area contributed by atoms with Gasteiger partial charge in [0, 0.05) is 31.9 Å². The molecule has 4 aliphatic rings. The fourth-order valence-electron chi connectivity index (χ4n) is 6.36. The van der Waals surface area contributed by atoms with Gasteiger partial charge in [0.1, 0.15) is 0 Å². The van der Waals surface area contributed by atoms with Gasteiger partial charge in [0.2, 0.25) is 0 Å². The van der Waals surface area contributed by atoms with Crippen molar-refractivity contribution < 1.29 is 9.53 Å². The summed E-state index contributed by atoms with van der Waals surface area (Å²) in [6.45, 7) is 1.08. The Morgan fingerprint density at radius 3 is 2.57 bits per heavy atom. The number of aromatic amines is 1. The molecule has 160 valence electrons. The van der Waals surface area contributed by atoms with E-state index in [1.807, 2.05) is 0 Å². The van der Waals surface area contributed by atoms with Crippen LogP contribution in [0.2, 0.25) is 0 Å². The second kappa shape index (κ2) is 7.93. The van der Waals surface area contributed by atoms with Gasteiger partial charge in [-0.1, -0.05) is 0 Å². The van der Waals surface area contributed by atoms with Crippen molar-refractivity contribution in [2.75, 3.05) is 13.7 Å². The topological polar surface area (TPSA) is 76.1 Å². The molecule has 1 heterocycles. The normalized spacial score (nSPS) is 29.4. The van der Waals surface area contributed by atoms with Gasteiger partial charge in [0.15, 0.2) is 4.77 Å². The Balaban J connectivity index is 1.37. The van der Waals surface area contributed by atoms with Crippen molar-refractivity contribution in [2.45, 2.75) is 51.1 Å². The van der Waals surface area contributed by atoms with Gasteiger partial charge >= 0.3 is 0 Å². The number of amides is 1. The first-order chi connectivity index (χ1) is 14.5. The predicted octanol–water partition coefficient (Wildman–Crippen LogP) is 3.65. The third kappa shape index (κ3) is 3.52. The highest BCUT2D eigenvalue weighted by atomic mass is 32.1. The zero-order chi connectivity index (χ0) is 20.8. The number of nitrogens with one attached hydrogen (secondary N) is 2. The molecular weight excluding hydrogens is 398 g/mol. The van der Waals surface area contributed by atoms with Gasteiger partial charge < -0.3 is 15.0 Å². The highest BCUT2D eigenvalue weighted by Crippen LogP contribution is 2.53. The molecule has 0 atom stereocenters. The Kier molecular flexibility index (Phi) is 5.27. The molecule has 30 heavy (non-hydrogen) atoms. The minimum absolute atomic E-state index is 0.0436. The minimum atomic E-state index is -0.127. The molecule has 4 aliphatic carbocycles. The quantitative estimate of drug-likeness (QED) is 0.545. The molecule has 0 radical (unpaired) electrons. The van der Waals surface area contributed by atoms with Crippen molar-refractivity contribution in [1.82, 2.24) is 14.9 Å². The number of benzene rings is 1. The van der Waals surface area contributed by atoms with E-state index in [1.165, 1.54) is 32.1 Å². The van der Waals surface area contributed by atoms with E-state index >= 15 is 0 Å². The van der Waals surface area contributed by atoms with Crippen molar-refractivity contribution in [3.8, 4) is 0 Å². The van der Waals surface area contributed by atoms with Crippen LogP contribution in [0.5, 0.6) is 0 Å². The van der Waals surface area contributed by atoms with Crippen molar-refractivity contribution in [2.24, 2.45) is 23.7 Å². The molecule has 2 aromatic rings. The van der Waals surface area contributed by atoms with Crippen molar-refractivity contribution in [3.63, 3.8) is 0 Å². The average molecular weight is 428 g/mol. The predicted molar refractivity (Wildman–Crippen MR) is 118 cm³/mol. The van der Waals surface area contributed by atoms with Crippen molar-refractivity contribution >= 4 is 29.0 Å². The van der Waals surface area contributed by atoms with Gasteiger partial charge in [-0.2, -0.15) is 0 Å². The molecule has 0 spiro atoms. The summed E-state index contributed by atoms with van der Waals surface area (Å²) in [5.74, 6) is 2.99. The third-order valence-corrected chi connectivity index (χ3v) is 7.82. The smallest absolute Gasteiger partial charge is 0.262 e. The second-order valence-electron chi connectivity index (χ2n) is 9.42. The summed E-state index contributed by atoms with van der Waals surface area (Å²) in [6, 6.07) is 5.55. The molecule has 7 heteroatoms. The van der Waals surface area contributed by atoms with Gasteiger partial charge in [0.25, 0.3) is 11.5 Å². The monoisotopic (exact) mass is 427 g/mol. The van der Waals surface area contributed by atoms with E-state index in [0.717, 1.165) is 11.8 Å². The Morgan fingerprint density at radius 1 is 1.20 bits per heavy atom. The van der Waals surface area contributed by atoms with Crippen LogP contribution >= 0.6 is 12.2 Å². The van der Waals surface area contributed by atoms with E-state index in [9.17, 15) is 9.59 Å². The standard InChI is InChI=1S/C23H29N3O3S/c1-29-6-2-5-26-22(28)18-4-3-15(12-19(18)24-23(26)30)21(27)25-20-16-8-13-7-14(10-16)11-17(20)9-13/h3-4,12-14,16-17,20H,2,5-11H2,1H3,(H,24,30)(H,25,27). The fraction of sp³-hybridized carbons (Fsp3) is 0.609. The molecule has 6 rings (SSSR count). The van der Waals surface area contributed by atoms with Crippen LogP contribution in [0.1, 0.15) is 48.9 Å². The number of fused-ring (bicyclic) bond motifs is 1. The molecule has 6 nitrogen and oxygen atoms in total. The first kappa shape index (κ1) is 19.9. The number of rotatable bonds is 6. The number of hydrogen-bond acceptors (Lipinski definition) is 4. The molecule has 1 aromatic heterocycles. The van der Waals surface area contributed by atoms with E-state index in [4.69, 9.17) is 17.0 Å². The van der Waals surface area contributed by atoms with Crippen LogP contribution in [0.15, 0.2) is 23.0 Å². The minimum Gasteiger partial charge on any atom is -0.385 e. The van der Waals surface area contributed by atoms with E-state index in [2.05, 4.69) is 10.3 Å². The van der Waals surface area contributed by atoms with Gasteiger partial charge in [-0.3, -0.25) is 14.2 Å². The largest absolute Gasteiger partial charge is 0.385 e. The molecule has 4 bridgehead atoms. The summed E-state index contributed by atoms with van der Waals surface area (Å²) < 4.78 is 7.00. The number of ether oxygens (including phenoxy) is 1. The van der Waals surface area contributed by atoms with Crippen LogP contribution in [-0.4, -0.2) is 35.2 Å². The summed E-state index contributed by atoms with van der Waals surface area (Å²) in [4.78, 5) is 29.0. The van der Waals surface area contributed by atoms with Crippen molar-refractivity contribution in [1.29, 1.82) is 0 Å². The zero-order valence-corrected chi connectivity index (χ0v) is 18.2. The van der Waals surface area contributed by atoms with Crippen LogP contribution in [-0.2, 0) is 11.3 Å². The van der Waals surface area contributed by atoms with Gasteiger partial charge in [-0.25, -0.2) is 0 Å². The maximum absolute atomic E-state index is 13.0. The van der Waals surface area contributed by atoms with E-state index in [-0.39, 0.29) is 11.5 Å². The van der Waals surface area contributed by atoms with Crippen LogP contribution in [0, 0.1) is 28.4 Å². The zero-order valence-electron chi connectivity index (χ0n) is 17.4. The lowest BCUT2D eigenvalue weighted by molar-refractivity contribution is -0.0119. The number of hydrogen-bond donors (Lipinski definition) is 2. The SMILES string of the molecule is COCCCn1c(=S)[nH]c2cc(C(=O)NC3C4CC5CC(C4)CC3C5)ccc2c1=O. The van der Waals surface area contributed by atoms with Gasteiger partial charge in [-0.15, -0.1) is 0 Å². The summed E-state index contributed by atoms with van der Waals surface area (Å²) >= 11 is 5.39. The summed E-state index contributed by atoms with van der Waals surface area (Å²) in [6.07, 6.45) is 7.19. The van der Waals surface area contributed by atoms with Crippen molar-refractivity contribution in [3.05, 3.63) is 38.9 Å². The first-order valence-corrected chi connectivity index (χ1v) is 11.5. The molecule has 4 saturated carbocycles. The number of aromatic nitrogens is 2. The maximum atomic E-state index is 13.0. The number of carbonyl (C=O) groups excluding carboxylic acids is 1. The first-order valence-electron chi connectivity index (χ1n) is 11.1. The van der Waals surface area contributed by atoms with Crippen LogP contribution in [0.3, 0.4) is 0 Å². The Labute approximate surface area is 181 Å². The highest BCUT2D eigenvalue weighted by Gasteiger charge is 2.48. The molecule has 1 amide bonds. The average Bonchev–Trinajstić information content (AvgIpc) is 2.72. The van der Waals surface area contributed by atoms with Crippen LogP contribution < -0.4 is 10.9 Å². The number of carbonyl (C=O) groups is 1.